The summed E-state index contributed by atoms with van der Waals surface area (Å²) in [5, 5.41) is 2.51. The Labute approximate surface area is 421 Å². The third-order valence-electron chi connectivity index (χ3n) is 17.4. The lowest BCUT2D eigenvalue weighted by atomic mass is 9.43. The molecule has 13 rings (SSSR count). The highest BCUT2D eigenvalue weighted by Gasteiger charge is 2.49. The number of para-hydroxylation sites is 3. The first kappa shape index (κ1) is 43.7. The molecule has 4 aliphatic rings. The van der Waals surface area contributed by atoms with Crippen molar-refractivity contribution in [2.24, 2.45) is 0 Å². The van der Waals surface area contributed by atoms with E-state index in [2.05, 4.69) is 265 Å². The Kier molecular flexibility index (Phi) is 9.45. The van der Waals surface area contributed by atoms with E-state index in [4.69, 9.17) is 0 Å². The van der Waals surface area contributed by atoms with Gasteiger partial charge in [-0.3, -0.25) is 0 Å². The summed E-state index contributed by atoms with van der Waals surface area (Å²) >= 11 is 0. The number of fused-ring (bicyclic) bond motifs is 9. The molecule has 9 aromatic carbocycles. The molecule has 348 valence electrons. The first-order valence-corrected chi connectivity index (χ1v) is 25.8. The molecule has 71 heavy (non-hydrogen) atoms. The number of benzene rings is 9. The first-order chi connectivity index (χ1) is 34.1. The second-order valence-electron chi connectivity index (χ2n) is 23.3. The highest BCUT2D eigenvalue weighted by Crippen LogP contribution is 2.57. The van der Waals surface area contributed by atoms with Gasteiger partial charge in [0.25, 0.3) is 0 Å². The van der Waals surface area contributed by atoms with Gasteiger partial charge in [0.15, 0.2) is 0 Å². The highest BCUT2D eigenvalue weighted by atomic mass is 15.2. The van der Waals surface area contributed by atoms with E-state index in [0.29, 0.717) is 0 Å². The van der Waals surface area contributed by atoms with Crippen LogP contribution in [0.4, 0.5) is 45.5 Å². The maximum Gasteiger partial charge on any atom is 0.333 e. The Bertz CT molecular complexity index is 3590. The van der Waals surface area contributed by atoms with Crippen molar-refractivity contribution in [1.82, 2.24) is 0 Å². The van der Waals surface area contributed by atoms with Crippen molar-refractivity contribution >= 4 is 74.0 Å². The van der Waals surface area contributed by atoms with Crippen LogP contribution in [0, 0.1) is 6.92 Å². The Morgan fingerprint density at radius 1 is 0.437 bits per heavy atom. The van der Waals surface area contributed by atoms with Crippen LogP contribution >= 0.6 is 0 Å². The van der Waals surface area contributed by atoms with Crippen LogP contribution in [-0.4, -0.2) is 6.85 Å². The zero-order valence-corrected chi connectivity index (χ0v) is 42.7. The minimum absolute atomic E-state index is 0.0211. The largest absolute Gasteiger partial charge is 0.376 e. The summed E-state index contributed by atoms with van der Waals surface area (Å²) in [5.41, 5.74) is 24.3. The average Bonchev–Trinajstić information content (AvgIpc) is 3.38. The Morgan fingerprint density at radius 2 is 0.972 bits per heavy atom. The van der Waals surface area contributed by atoms with Gasteiger partial charge < -0.3 is 14.6 Å². The summed E-state index contributed by atoms with van der Waals surface area (Å²) < 4.78 is 0. The predicted octanol–water partition coefficient (Wildman–Crippen LogP) is 16.6. The number of anilines is 8. The van der Waals surface area contributed by atoms with E-state index >= 15 is 0 Å². The number of rotatable bonds is 5. The van der Waals surface area contributed by atoms with Gasteiger partial charge >= 0.3 is 6.85 Å². The van der Waals surface area contributed by atoms with Crippen LogP contribution in [0.15, 0.2) is 188 Å². The van der Waals surface area contributed by atoms with Crippen LogP contribution in [0.5, 0.6) is 0 Å². The summed E-state index contributed by atoms with van der Waals surface area (Å²) in [6, 6.07) is 71.6. The van der Waals surface area contributed by atoms with Crippen molar-refractivity contribution in [3.05, 3.63) is 227 Å². The van der Waals surface area contributed by atoms with Crippen LogP contribution in [0.1, 0.15) is 107 Å². The molecule has 0 amide bonds. The van der Waals surface area contributed by atoms with Gasteiger partial charge in [0.2, 0.25) is 0 Å². The summed E-state index contributed by atoms with van der Waals surface area (Å²) in [6.07, 6.45) is 2.32. The zero-order chi connectivity index (χ0) is 48.8. The van der Waals surface area contributed by atoms with Gasteiger partial charge in [-0.15, -0.1) is 0 Å². The van der Waals surface area contributed by atoms with E-state index < -0.39 is 0 Å². The van der Waals surface area contributed by atoms with Crippen molar-refractivity contribution < 1.29 is 0 Å². The summed E-state index contributed by atoms with van der Waals surface area (Å²) in [7, 11) is 0. The number of hydrogen-bond donors (Lipinski definition) is 0. The molecule has 0 saturated heterocycles. The van der Waals surface area contributed by atoms with Gasteiger partial charge in [-0.2, -0.15) is 0 Å². The standard InChI is InChI=1S/C67H62BN3/c1-43-37-54-55(65(4,5)36-35-64(54,2)3)41-59(43)70-61-39-48(69(45-24-13-10-14-25-45)46-26-15-11-16-27-46)33-34-58(61)68-62-51(38-44-23-19-20-30-49(44)63(62)70)50-40-56-57(42-60(50)71(68)47-28-17-12-18-29-47)67(8,9)53-32-22-21-31-52(53)66(56,6)7/h10-34,37-42H,35-36H2,1-9H3. The lowest BCUT2D eigenvalue weighted by Crippen LogP contribution is -2.61. The van der Waals surface area contributed by atoms with Gasteiger partial charge in [0.05, 0.1) is 5.69 Å². The fourth-order valence-corrected chi connectivity index (χ4v) is 13.4. The summed E-state index contributed by atoms with van der Waals surface area (Å²) in [5.74, 6) is 0. The van der Waals surface area contributed by atoms with Crippen LogP contribution in [0.25, 0.3) is 21.9 Å². The molecule has 0 aromatic heterocycles. The normalized spacial score (nSPS) is 17.1. The second-order valence-corrected chi connectivity index (χ2v) is 23.3. The summed E-state index contributed by atoms with van der Waals surface area (Å²) in [6.45, 7) is 21.8. The molecule has 0 spiro atoms. The average molecular weight is 920 g/mol. The molecule has 0 unspecified atom stereocenters. The summed E-state index contributed by atoms with van der Waals surface area (Å²) in [4.78, 5) is 7.83. The van der Waals surface area contributed by atoms with Crippen molar-refractivity contribution in [3.8, 4) is 11.1 Å². The molecule has 2 heterocycles. The Morgan fingerprint density at radius 3 is 1.61 bits per heavy atom. The third-order valence-corrected chi connectivity index (χ3v) is 17.4. The van der Waals surface area contributed by atoms with E-state index in [1.54, 1.807) is 0 Å². The molecule has 0 atom stereocenters. The Hall–Kier alpha value is -7.30. The van der Waals surface area contributed by atoms with Crippen molar-refractivity contribution in [2.75, 3.05) is 14.6 Å². The molecule has 4 heteroatoms. The van der Waals surface area contributed by atoms with Crippen LogP contribution in [-0.2, 0) is 21.7 Å². The Balaban J connectivity index is 1.18. The quantitative estimate of drug-likeness (QED) is 0.159. The maximum atomic E-state index is 2.70. The molecule has 3 nitrogen and oxygen atoms in total. The van der Waals surface area contributed by atoms with E-state index in [-0.39, 0.29) is 28.5 Å². The molecular formula is C67H62BN3. The van der Waals surface area contributed by atoms with E-state index in [9.17, 15) is 0 Å². The monoisotopic (exact) mass is 920 g/mol. The number of hydrogen-bond acceptors (Lipinski definition) is 3. The van der Waals surface area contributed by atoms with E-state index in [0.717, 1.165) is 23.5 Å². The van der Waals surface area contributed by atoms with Crippen molar-refractivity contribution in [1.29, 1.82) is 0 Å². The zero-order valence-electron chi connectivity index (χ0n) is 42.7. The molecule has 2 aliphatic carbocycles. The fourth-order valence-electron chi connectivity index (χ4n) is 13.4. The fraction of sp³-hybridized carbons (Fsp3) is 0.224. The van der Waals surface area contributed by atoms with Crippen molar-refractivity contribution in [2.45, 2.75) is 96.8 Å². The lowest BCUT2D eigenvalue weighted by molar-refractivity contribution is 0.332. The van der Waals surface area contributed by atoms with Crippen LogP contribution in [0.3, 0.4) is 0 Å². The smallest absolute Gasteiger partial charge is 0.333 e. The second kappa shape index (κ2) is 15.4. The molecule has 9 aromatic rings. The minimum Gasteiger partial charge on any atom is -0.376 e. The third kappa shape index (κ3) is 6.35. The molecule has 0 saturated carbocycles. The van der Waals surface area contributed by atoms with Crippen LogP contribution in [0.2, 0.25) is 0 Å². The maximum absolute atomic E-state index is 2.70. The van der Waals surface area contributed by atoms with Gasteiger partial charge in [-0.05, 0) is 164 Å². The first-order valence-electron chi connectivity index (χ1n) is 25.8. The van der Waals surface area contributed by atoms with Crippen LogP contribution < -0.4 is 25.5 Å². The lowest BCUT2D eigenvalue weighted by Gasteiger charge is -2.49. The van der Waals surface area contributed by atoms with Gasteiger partial charge in [-0.1, -0.05) is 171 Å². The van der Waals surface area contributed by atoms with Gasteiger partial charge in [0, 0.05) is 61.6 Å². The minimum atomic E-state index is -0.214. The molecule has 0 N–H and O–H groups in total. The molecule has 0 fully saturated rings. The highest BCUT2D eigenvalue weighted by molar-refractivity contribution is 6.94. The molecule has 0 radical (unpaired) electrons. The van der Waals surface area contributed by atoms with Gasteiger partial charge in [-0.25, -0.2) is 0 Å². The topological polar surface area (TPSA) is 9.72 Å². The molecule has 0 bridgehead atoms. The number of aryl methyl sites for hydroxylation is 1. The van der Waals surface area contributed by atoms with E-state index in [1.807, 2.05) is 0 Å². The molecule has 2 aliphatic heterocycles. The molecular weight excluding hydrogens is 858 g/mol. The van der Waals surface area contributed by atoms with E-state index in [1.165, 1.54) is 107 Å². The SMILES string of the molecule is Cc1cc2c(cc1N1c3cc(N(c4ccccc4)c4ccccc4)ccc3B3c4c(cc5ccccc5c41)-c1cc4c(cc1N3c1ccccc1)C(C)(C)c1ccccc1C4(C)C)C(C)(C)CCC2(C)C. The number of nitrogens with zero attached hydrogens (tertiary/aromatic N) is 3. The van der Waals surface area contributed by atoms with Crippen molar-refractivity contribution in [3.63, 3.8) is 0 Å². The van der Waals surface area contributed by atoms with Gasteiger partial charge in [0.1, 0.15) is 0 Å². The predicted molar refractivity (Wildman–Crippen MR) is 303 cm³/mol.